The summed E-state index contributed by atoms with van der Waals surface area (Å²) in [6, 6.07) is 74.5. The fraction of sp³-hybridized carbons (Fsp3) is 0.200. The lowest BCUT2D eigenvalue weighted by molar-refractivity contribution is 0.0816. The molecule has 9 aliphatic rings. The maximum atomic E-state index is 6.66. The third-order valence-corrected chi connectivity index (χ3v) is 18.5. The first-order valence-electron chi connectivity index (χ1n) is 25.0. The Hall–Kier alpha value is -7.36. The molecule has 6 atom stereocenters. The number of hydrogen-bond acceptors (Lipinski definition) is 3. The van der Waals surface area contributed by atoms with Gasteiger partial charge in [0, 0.05) is 27.7 Å². The van der Waals surface area contributed by atoms with Crippen LogP contribution in [0.3, 0.4) is 0 Å². The Morgan fingerprint density at radius 3 is 1.72 bits per heavy atom. The largest absolute Gasteiger partial charge is 0.457 e. The summed E-state index contributed by atoms with van der Waals surface area (Å²) in [6.07, 6.45) is 6.76. The van der Waals surface area contributed by atoms with Gasteiger partial charge in [0.15, 0.2) is 5.82 Å². The molecule has 8 aromatic carbocycles. The van der Waals surface area contributed by atoms with Crippen LogP contribution in [0, 0.1) is 29.6 Å². The molecule has 1 spiro atoms. The van der Waals surface area contributed by atoms with Crippen LogP contribution in [0.2, 0.25) is 0 Å². The Morgan fingerprint density at radius 1 is 0.412 bits per heavy atom. The lowest BCUT2D eigenvalue weighted by Crippen LogP contribution is -2.35. The summed E-state index contributed by atoms with van der Waals surface area (Å²) in [5.74, 6) is 6.78. The van der Waals surface area contributed by atoms with Gasteiger partial charge in [-0.25, -0.2) is 9.97 Å². The summed E-state index contributed by atoms with van der Waals surface area (Å²) in [6.45, 7) is 0. The van der Waals surface area contributed by atoms with Crippen LogP contribution in [0.25, 0.3) is 44.9 Å². The van der Waals surface area contributed by atoms with E-state index in [9.17, 15) is 0 Å². The van der Waals surface area contributed by atoms with E-state index >= 15 is 0 Å². The molecule has 9 aromatic rings. The quantitative estimate of drug-likeness (QED) is 0.173. The van der Waals surface area contributed by atoms with Gasteiger partial charge in [-0.1, -0.05) is 170 Å². The minimum Gasteiger partial charge on any atom is -0.457 e. The SMILES string of the molecule is c1ccc(C2(c3ccccc3)c3ccccc3-c3ccc(-c4cc(C56CC7C8CC7C5C[C@@H](C8)C6)nc(-c5ccc6c(c5)-c5ccccc5C65c6ccccc6Oc6ccccc65)n4)cc32)cc1. The van der Waals surface area contributed by atoms with Gasteiger partial charge in [0.2, 0.25) is 0 Å². The van der Waals surface area contributed by atoms with Gasteiger partial charge < -0.3 is 4.74 Å². The fourth-order valence-electron chi connectivity index (χ4n) is 16.1. The van der Waals surface area contributed by atoms with E-state index in [1.165, 1.54) is 105 Å². The Kier molecular flexibility index (Phi) is 7.44. The van der Waals surface area contributed by atoms with Crippen LogP contribution >= 0.6 is 0 Å². The molecule has 6 saturated carbocycles. The maximum absolute atomic E-state index is 6.66. The first kappa shape index (κ1) is 37.7. The number of nitrogens with zero attached hydrogens (tertiary/aromatic N) is 2. The highest BCUT2D eigenvalue weighted by molar-refractivity contribution is 5.91. The van der Waals surface area contributed by atoms with Crippen LogP contribution in [0.4, 0.5) is 0 Å². The molecule has 68 heavy (non-hydrogen) atoms. The molecule has 18 rings (SSSR count). The van der Waals surface area contributed by atoms with Crippen LogP contribution < -0.4 is 4.74 Å². The fourth-order valence-corrected chi connectivity index (χ4v) is 16.1. The third-order valence-electron chi connectivity index (χ3n) is 18.5. The first-order valence-corrected chi connectivity index (χ1v) is 25.0. The zero-order valence-corrected chi connectivity index (χ0v) is 37.8. The number of hydrogen-bond donors (Lipinski definition) is 0. The van der Waals surface area contributed by atoms with E-state index in [-0.39, 0.29) is 5.41 Å². The van der Waals surface area contributed by atoms with Gasteiger partial charge >= 0.3 is 0 Å². The smallest absolute Gasteiger partial charge is 0.160 e. The number of para-hydroxylation sites is 2. The lowest BCUT2D eigenvalue weighted by Gasteiger charge is -2.41. The summed E-state index contributed by atoms with van der Waals surface area (Å²) < 4.78 is 6.66. The van der Waals surface area contributed by atoms with Crippen molar-refractivity contribution in [1.82, 2.24) is 9.97 Å². The Balaban J connectivity index is 0.927. The highest BCUT2D eigenvalue weighted by Crippen LogP contribution is 2.73. The number of fused-ring (bicyclic) bond motifs is 12. The Labute approximate surface area is 397 Å². The normalized spacial score (nSPS) is 24.7. The number of ether oxygens (including phenoxy) is 1. The zero-order valence-electron chi connectivity index (χ0n) is 37.8. The monoisotopic (exact) mass is 872 g/mol. The minimum absolute atomic E-state index is 0.103. The topological polar surface area (TPSA) is 35.0 Å². The lowest BCUT2D eigenvalue weighted by atomic mass is 9.64. The molecule has 6 fully saturated rings. The summed E-state index contributed by atoms with van der Waals surface area (Å²) in [5.41, 5.74) is 18.8. The molecule has 3 heteroatoms. The predicted octanol–water partition coefficient (Wildman–Crippen LogP) is 15.0. The molecule has 8 aliphatic carbocycles. The molecular formula is C65H48N2O. The number of aromatic nitrogens is 2. The van der Waals surface area contributed by atoms with Crippen LogP contribution in [-0.2, 0) is 16.2 Å². The summed E-state index contributed by atoms with van der Waals surface area (Å²) in [7, 11) is 0. The van der Waals surface area contributed by atoms with Crippen molar-refractivity contribution in [1.29, 1.82) is 0 Å². The molecule has 5 unspecified atom stereocenters. The van der Waals surface area contributed by atoms with Crippen molar-refractivity contribution in [2.45, 2.75) is 48.3 Å². The van der Waals surface area contributed by atoms with Crippen LogP contribution in [-0.4, -0.2) is 9.97 Å². The summed E-state index contributed by atoms with van der Waals surface area (Å²) >= 11 is 0. The standard InChI is InChI=1S/C65H48N2O/c1-3-15-43(16-4-1)64(44-17-5-2-6-18-44)51-21-9-7-19-45(51)47-29-27-40(35-57(47)64)58-36-61(63-37-39-31-42-34-49(50(42)38-63)56(63)32-39)67-62(66-58)41-28-30-53-48(33-41)46-20-8-10-22-52(46)65(53)54-23-11-13-25-59(54)68-60-26-14-12-24-55(60)65/h1-30,33,35-36,39,42,49-50,56H,31-32,34,37-38H2/t39-,42?,49?,50?,56?,63?/m1/s1. The molecular weight excluding hydrogens is 825 g/mol. The van der Waals surface area contributed by atoms with Gasteiger partial charge in [0.05, 0.1) is 22.2 Å². The summed E-state index contributed by atoms with van der Waals surface area (Å²) in [4.78, 5) is 11.6. The van der Waals surface area contributed by atoms with Crippen LogP contribution in [0.1, 0.15) is 82.3 Å². The average molecular weight is 873 g/mol. The van der Waals surface area contributed by atoms with E-state index in [2.05, 4.69) is 200 Å². The molecule has 6 bridgehead atoms. The van der Waals surface area contributed by atoms with Crippen molar-refractivity contribution in [3.05, 3.63) is 250 Å². The maximum Gasteiger partial charge on any atom is 0.160 e. The molecule has 0 amide bonds. The van der Waals surface area contributed by atoms with Crippen molar-refractivity contribution in [3.63, 3.8) is 0 Å². The number of benzene rings is 8. The number of rotatable bonds is 5. The van der Waals surface area contributed by atoms with Crippen molar-refractivity contribution >= 4 is 0 Å². The van der Waals surface area contributed by atoms with E-state index in [0.29, 0.717) is 5.92 Å². The second kappa shape index (κ2) is 13.4. The second-order valence-corrected chi connectivity index (χ2v) is 21.2. The minimum atomic E-state index is -0.518. The van der Waals surface area contributed by atoms with Gasteiger partial charge in [0.1, 0.15) is 11.5 Å². The van der Waals surface area contributed by atoms with Gasteiger partial charge in [-0.2, -0.15) is 0 Å². The van der Waals surface area contributed by atoms with Gasteiger partial charge in [-0.3, -0.25) is 0 Å². The molecule has 324 valence electrons. The molecule has 0 saturated heterocycles. The Morgan fingerprint density at radius 2 is 1.00 bits per heavy atom. The van der Waals surface area contributed by atoms with E-state index in [4.69, 9.17) is 14.7 Å². The van der Waals surface area contributed by atoms with E-state index in [0.717, 1.165) is 57.8 Å². The molecule has 0 radical (unpaired) electrons. The van der Waals surface area contributed by atoms with Crippen molar-refractivity contribution in [2.75, 3.05) is 0 Å². The van der Waals surface area contributed by atoms with Crippen LogP contribution in [0.5, 0.6) is 11.5 Å². The van der Waals surface area contributed by atoms with Gasteiger partial charge in [0.25, 0.3) is 0 Å². The van der Waals surface area contributed by atoms with Crippen molar-refractivity contribution in [3.8, 4) is 56.4 Å². The molecule has 3 nitrogen and oxygen atoms in total. The molecule has 1 aliphatic heterocycles. The molecule has 1 aromatic heterocycles. The molecule has 0 N–H and O–H groups in total. The predicted molar refractivity (Wildman–Crippen MR) is 270 cm³/mol. The van der Waals surface area contributed by atoms with E-state index < -0.39 is 10.8 Å². The van der Waals surface area contributed by atoms with E-state index in [1.54, 1.807) is 0 Å². The summed E-state index contributed by atoms with van der Waals surface area (Å²) in [5, 5.41) is 0. The Bertz CT molecular complexity index is 3510. The van der Waals surface area contributed by atoms with E-state index in [1.807, 2.05) is 0 Å². The third kappa shape index (κ3) is 4.65. The van der Waals surface area contributed by atoms with Crippen LogP contribution in [0.15, 0.2) is 200 Å². The highest BCUT2D eigenvalue weighted by Gasteiger charge is 2.67. The first-order chi connectivity index (χ1) is 33.6. The van der Waals surface area contributed by atoms with Gasteiger partial charge in [-0.05, 0) is 148 Å². The zero-order chi connectivity index (χ0) is 44.3. The van der Waals surface area contributed by atoms with Gasteiger partial charge in [-0.15, -0.1) is 0 Å². The second-order valence-electron chi connectivity index (χ2n) is 21.2. The van der Waals surface area contributed by atoms with Crippen molar-refractivity contribution < 1.29 is 4.74 Å². The molecule has 2 heterocycles. The highest BCUT2D eigenvalue weighted by atomic mass is 16.5. The van der Waals surface area contributed by atoms with Crippen molar-refractivity contribution in [2.24, 2.45) is 29.6 Å². The average Bonchev–Trinajstić information content (AvgIpc) is 3.96.